The Morgan fingerprint density at radius 3 is 3.08 bits per heavy atom. The lowest BCUT2D eigenvalue weighted by atomic mass is 10.1. The van der Waals surface area contributed by atoms with Gasteiger partial charge in [0.15, 0.2) is 0 Å². The first-order valence-electron chi connectivity index (χ1n) is 4.15. The summed E-state index contributed by atoms with van der Waals surface area (Å²) in [5, 5.41) is 8.52. The van der Waals surface area contributed by atoms with E-state index in [1.807, 2.05) is 4.90 Å². The van der Waals surface area contributed by atoms with Crippen LogP contribution in [0.25, 0.3) is 0 Å². The van der Waals surface area contributed by atoms with Crippen molar-refractivity contribution in [1.82, 2.24) is 4.90 Å². The van der Waals surface area contributed by atoms with Gasteiger partial charge < -0.3 is 9.84 Å². The number of nitrogens with zero attached hydrogens (tertiary/aromatic N) is 1. The molecule has 0 bridgehead atoms. The largest absolute Gasteiger partial charge is 0.480 e. The van der Waals surface area contributed by atoms with Crippen molar-refractivity contribution in [2.45, 2.75) is 6.42 Å². The van der Waals surface area contributed by atoms with Gasteiger partial charge in [-0.3, -0.25) is 9.69 Å². The maximum absolute atomic E-state index is 10.3. The van der Waals surface area contributed by atoms with E-state index in [4.69, 9.17) is 9.84 Å². The Bertz CT molecular complexity index is 160. The Labute approximate surface area is 72.1 Å². The van der Waals surface area contributed by atoms with Crippen LogP contribution in [0.2, 0.25) is 0 Å². The van der Waals surface area contributed by atoms with Gasteiger partial charge in [0.2, 0.25) is 0 Å². The van der Waals surface area contributed by atoms with Gasteiger partial charge in [0, 0.05) is 13.7 Å². The SMILES string of the molecule is COC[C@H]1CCN(CC(=O)O)C1. The van der Waals surface area contributed by atoms with E-state index in [1.54, 1.807) is 7.11 Å². The van der Waals surface area contributed by atoms with Crippen molar-refractivity contribution in [2.24, 2.45) is 5.92 Å². The predicted molar refractivity (Wildman–Crippen MR) is 44.1 cm³/mol. The molecule has 0 radical (unpaired) electrons. The van der Waals surface area contributed by atoms with Crippen LogP contribution < -0.4 is 0 Å². The molecular formula is C8H15NO3. The molecule has 1 heterocycles. The van der Waals surface area contributed by atoms with Gasteiger partial charge in [-0.2, -0.15) is 0 Å². The van der Waals surface area contributed by atoms with Crippen LogP contribution >= 0.6 is 0 Å². The average molecular weight is 173 g/mol. The molecule has 0 saturated carbocycles. The molecule has 0 aliphatic carbocycles. The molecule has 1 aliphatic rings. The summed E-state index contributed by atoms with van der Waals surface area (Å²) in [7, 11) is 1.68. The highest BCUT2D eigenvalue weighted by molar-refractivity contribution is 5.69. The minimum Gasteiger partial charge on any atom is -0.480 e. The summed E-state index contributed by atoms with van der Waals surface area (Å²) in [6, 6.07) is 0. The van der Waals surface area contributed by atoms with E-state index in [1.165, 1.54) is 0 Å². The number of hydrogen-bond acceptors (Lipinski definition) is 3. The summed E-state index contributed by atoms with van der Waals surface area (Å²) >= 11 is 0. The predicted octanol–water partition coefficient (Wildman–Crippen LogP) is 0.0393. The van der Waals surface area contributed by atoms with E-state index in [0.29, 0.717) is 5.92 Å². The second kappa shape index (κ2) is 4.42. The van der Waals surface area contributed by atoms with Crippen molar-refractivity contribution in [1.29, 1.82) is 0 Å². The van der Waals surface area contributed by atoms with Gasteiger partial charge in [-0.25, -0.2) is 0 Å². The van der Waals surface area contributed by atoms with Gasteiger partial charge >= 0.3 is 5.97 Å². The molecule has 0 amide bonds. The Balaban J connectivity index is 2.21. The zero-order valence-electron chi connectivity index (χ0n) is 7.32. The highest BCUT2D eigenvalue weighted by atomic mass is 16.5. The highest BCUT2D eigenvalue weighted by Gasteiger charge is 2.23. The molecule has 1 saturated heterocycles. The van der Waals surface area contributed by atoms with Crippen molar-refractivity contribution in [2.75, 3.05) is 33.4 Å². The van der Waals surface area contributed by atoms with E-state index >= 15 is 0 Å². The Kier molecular flexibility index (Phi) is 3.49. The van der Waals surface area contributed by atoms with Gasteiger partial charge in [0.25, 0.3) is 0 Å². The molecule has 70 valence electrons. The summed E-state index contributed by atoms with van der Waals surface area (Å²) in [5.41, 5.74) is 0. The van der Waals surface area contributed by atoms with Gasteiger partial charge in [-0.15, -0.1) is 0 Å². The lowest BCUT2D eigenvalue weighted by Crippen LogP contribution is -2.27. The van der Waals surface area contributed by atoms with E-state index in [9.17, 15) is 4.79 Å². The monoisotopic (exact) mass is 173 g/mol. The summed E-state index contributed by atoms with van der Waals surface area (Å²) in [5.74, 6) is -0.220. The van der Waals surface area contributed by atoms with Crippen LogP contribution in [0.4, 0.5) is 0 Å². The number of rotatable bonds is 4. The molecule has 1 rings (SSSR count). The fourth-order valence-corrected chi connectivity index (χ4v) is 1.62. The molecule has 0 aromatic heterocycles. The van der Waals surface area contributed by atoms with E-state index < -0.39 is 5.97 Å². The van der Waals surface area contributed by atoms with Crippen LogP contribution in [0.15, 0.2) is 0 Å². The minimum atomic E-state index is -0.743. The third kappa shape index (κ3) is 2.79. The van der Waals surface area contributed by atoms with Crippen molar-refractivity contribution in [3.63, 3.8) is 0 Å². The van der Waals surface area contributed by atoms with Crippen molar-refractivity contribution < 1.29 is 14.6 Å². The second-order valence-corrected chi connectivity index (χ2v) is 3.24. The quantitative estimate of drug-likeness (QED) is 0.652. The molecular weight excluding hydrogens is 158 g/mol. The molecule has 1 fully saturated rings. The smallest absolute Gasteiger partial charge is 0.317 e. The fourth-order valence-electron chi connectivity index (χ4n) is 1.62. The maximum atomic E-state index is 10.3. The summed E-state index contributed by atoms with van der Waals surface area (Å²) in [4.78, 5) is 12.3. The lowest BCUT2D eigenvalue weighted by molar-refractivity contribution is -0.138. The van der Waals surface area contributed by atoms with Gasteiger partial charge in [0.1, 0.15) is 0 Å². The first kappa shape index (κ1) is 9.48. The molecule has 4 nitrogen and oxygen atoms in total. The number of hydrogen-bond donors (Lipinski definition) is 1. The number of carboxylic acids is 1. The Morgan fingerprint density at radius 2 is 2.50 bits per heavy atom. The van der Waals surface area contributed by atoms with Crippen LogP contribution in [-0.2, 0) is 9.53 Å². The summed E-state index contributed by atoms with van der Waals surface area (Å²) in [6.45, 7) is 2.66. The number of carbonyl (C=O) groups is 1. The maximum Gasteiger partial charge on any atom is 0.317 e. The number of likely N-dealkylation sites (tertiary alicyclic amines) is 1. The molecule has 0 aromatic rings. The van der Waals surface area contributed by atoms with Crippen LogP contribution in [0.3, 0.4) is 0 Å². The second-order valence-electron chi connectivity index (χ2n) is 3.24. The van der Waals surface area contributed by atoms with Crippen LogP contribution in [-0.4, -0.2) is 49.3 Å². The number of ether oxygens (including phenoxy) is 1. The molecule has 12 heavy (non-hydrogen) atoms. The molecule has 0 unspecified atom stereocenters. The Hall–Kier alpha value is -0.610. The standard InChI is InChI=1S/C8H15NO3/c1-12-6-7-2-3-9(4-7)5-8(10)11/h7H,2-6H2,1H3,(H,10,11)/t7-/m0/s1. The first-order chi connectivity index (χ1) is 5.72. The Morgan fingerprint density at radius 1 is 1.75 bits per heavy atom. The molecule has 1 atom stereocenters. The van der Waals surface area contributed by atoms with E-state index in [-0.39, 0.29) is 6.54 Å². The third-order valence-corrected chi connectivity index (χ3v) is 2.13. The summed E-state index contributed by atoms with van der Waals surface area (Å²) < 4.78 is 5.00. The van der Waals surface area contributed by atoms with Crippen molar-refractivity contribution in [3.05, 3.63) is 0 Å². The highest BCUT2D eigenvalue weighted by Crippen LogP contribution is 2.15. The molecule has 0 aromatic carbocycles. The van der Waals surface area contributed by atoms with Gasteiger partial charge in [-0.1, -0.05) is 0 Å². The fraction of sp³-hybridized carbons (Fsp3) is 0.875. The third-order valence-electron chi connectivity index (χ3n) is 2.13. The van der Waals surface area contributed by atoms with Crippen molar-refractivity contribution >= 4 is 5.97 Å². The van der Waals surface area contributed by atoms with E-state index in [2.05, 4.69) is 0 Å². The van der Waals surface area contributed by atoms with Gasteiger partial charge in [0.05, 0.1) is 13.2 Å². The molecule has 1 aliphatic heterocycles. The van der Waals surface area contributed by atoms with Gasteiger partial charge in [-0.05, 0) is 18.9 Å². The minimum absolute atomic E-state index is 0.167. The molecule has 0 spiro atoms. The zero-order chi connectivity index (χ0) is 8.97. The lowest BCUT2D eigenvalue weighted by Gasteiger charge is -2.12. The number of carboxylic acid groups (broad SMARTS) is 1. The number of aliphatic carboxylic acids is 1. The van der Waals surface area contributed by atoms with Crippen molar-refractivity contribution in [3.8, 4) is 0 Å². The van der Waals surface area contributed by atoms with E-state index in [0.717, 1.165) is 26.1 Å². The summed E-state index contributed by atoms with van der Waals surface area (Å²) in [6.07, 6.45) is 1.06. The number of methoxy groups -OCH3 is 1. The normalized spacial score (nSPS) is 24.6. The molecule has 1 N–H and O–H groups in total. The topological polar surface area (TPSA) is 49.8 Å². The van der Waals surface area contributed by atoms with Crippen LogP contribution in [0.5, 0.6) is 0 Å². The van der Waals surface area contributed by atoms with Crippen LogP contribution in [0.1, 0.15) is 6.42 Å². The van der Waals surface area contributed by atoms with Crippen LogP contribution in [0, 0.1) is 5.92 Å². The average Bonchev–Trinajstić information content (AvgIpc) is 2.36. The zero-order valence-corrected chi connectivity index (χ0v) is 7.32. The molecule has 4 heteroatoms. The first-order valence-corrected chi connectivity index (χ1v) is 4.15.